The second kappa shape index (κ2) is 7.87. The zero-order chi connectivity index (χ0) is 16.8. The first kappa shape index (κ1) is 17.1. The van der Waals surface area contributed by atoms with E-state index in [0.717, 1.165) is 4.47 Å². The van der Waals surface area contributed by atoms with Gasteiger partial charge in [-0.2, -0.15) is 0 Å². The van der Waals surface area contributed by atoms with Gasteiger partial charge in [0.1, 0.15) is 11.5 Å². The van der Waals surface area contributed by atoms with Crippen molar-refractivity contribution in [2.75, 3.05) is 24.3 Å². The molecule has 2 aromatic carbocycles. The van der Waals surface area contributed by atoms with Gasteiger partial charge in [0.25, 0.3) is 5.91 Å². The first-order valence-electron chi connectivity index (χ1n) is 7.31. The molecular weight excluding hydrogens is 360 g/mol. The standard InChI is InChI=1S/C17H19BrN2O3/c1-3-22-15-10-14(16(23-4-2)9-13(15)19)20-17(21)11-7-5-6-8-12(11)18/h5-10H,3-4,19H2,1-2H3,(H,20,21). The van der Waals surface area contributed by atoms with Gasteiger partial charge in [-0.25, -0.2) is 0 Å². The zero-order valence-corrected chi connectivity index (χ0v) is 14.6. The van der Waals surface area contributed by atoms with Crippen molar-refractivity contribution in [1.82, 2.24) is 0 Å². The van der Waals surface area contributed by atoms with Gasteiger partial charge < -0.3 is 20.5 Å². The Bertz CT molecular complexity index is 704. The number of ether oxygens (including phenoxy) is 2. The fraction of sp³-hybridized carbons (Fsp3) is 0.235. The van der Waals surface area contributed by atoms with E-state index in [-0.39, 0.29) is 5.91 Å². The van der Waals surface area contributed by atoms with Crippen LogP contribution in [-0.2, 0) is 0 Å². The summed E-state index contributed by atoms with van der Waals surface area (Å²) in [5.41, 5.74) is 7.47. The maximum atomic E-state index is 12.5. The third-order valence-corrected chi connectivity index (χ3v) is 3.77. The Morgan fingerprint density at radius 3 is 2.43 bits per heavy atom. The van der Waals surface area contributed by atoms with Crippen molar-refractivity contribution >= 4 is 33.2 Å². The molecule has 0 atom stereocenters. The van der Waals surface area contributed by atoms with Gasteiger partial charge >= 0.3 is 0 Å². The molecule has 0 unspecified atom stereocenters. The van der Waals surface area contributed by atoms with Crippen molar-refractivity contribution < 1.29 is 14.3 Å². The number of carbonyl (C=O) groups is 1. The summed E-state index contributed by atoms with van der Waals surface area (Å²) in [6.45, 7) is 4.68. The summed E-state index contributed by atoms with van der Waals surface area (Å²) in [5.74, 6) is 0.776. The van der Waals surface area contributed by atoms with Crippen LogP contribution in [0.15, 0.2) is 40.9 Å². The van der Waals surface area contributed by atoms with Crippen molar-refractivity contribution in [3.8, 4) is 11.5 Å². The van der Waals surface area contributed by atoms with Crippen LogP contribution in [0.1, 0.15) is 24.2 Å². The average Bonchev–Trinajstić information content (AvgIpc) is 2.52. The highest BCUT2D eigenvalue weighted by atomic mass is 79.9. The monoisotopic (exact) mass is 378 g/mol. The van der Waals surface area contributed by atoms with E-state index in [4.69, 9.17) is 15.2 Å². The highest BCUT2D eigenvalue weighted by molar-refractivity contribution is 9.10. The van der Waals surface area contributed by atoms with Crippen LogP contribution in [-0.4, -0.2) is 19.1 Å². The van der Waals surface area contributed by atoms with Gasteiger partial charge in [-0.1, -0.05) is 12.1 Å². The zero-order valence-electron chi connectivity index (χ0n) is 13.1. The minimum absolute atomic E-state index is 0.245. The number of amides is 1. The highest BCUT2D eigenvalue weighted by Crippen LogP contribution is 2.35. The van der Waals surface area contributed by atoms with E-state index in [9.17, 15) is 4.79 Å². The van der Waals surface area contributed by atoms with Gasteiger partial charge in [-0.05, 0) is 41.9 Å². The third kappa shape index (κ3) is 4.16. The molecule has 0 aliphatic rings. The summed E-state index contributed by atoms with van der Waals surface area (Å²) in [4.78, 5) is 12.5. The molecule has 0 spiro atoms. The molecule has 1 amide bonds. The molecule has 0 radical (unpaired) electrons. The Labute approximate surface area is 143 Å². The lowest BCUT2D eigenvalue weighted by Gasteiger charge is -2.15. The second-order valence-corrected chi connectivity index (χ2v) is 5.54. The molecule has 5 nitrogen and oxygen atoms in total. The van der Waals surface area contributed by atoms with E-state index in [2.05, 4.69) is 21.2 Å². The number of rotatable bonds is 6. The predicted octanol–water partition coefficient (Wildman–Crippen LogP) is 4.08. The van der Waals surface area contributed by atoms with E-state index >= 15 is 0 Å². The largest absolute Gasteiger partial charge is 0.492 e. The summed E-state index contributed by atoms with van der Waals surface area (Å²) >= 11 is 3.37. The Morgan fingerprint density at radius 1 is 1.13 bits per heavy atom. The molecule has 0 saturated heterocycles. The number of carbonyl (C=O) groups excluding carboxylic acids is 1. The number of anilines is 2. The highest BCUT2D eigenvalue weighted by Gasteiger charge is 2.15. The SMILES string of the molecule is CCOc1cc(NC(=O)c2ccccc2Br)c(OCC)cc1N. The van der Waals surface area contributed by atoms with Crippen molar-refractivity contribution in [1.29, 1.82) is 0 Å². The quantitative estimate of drug-likeness (QED) is 0.742. The molecule has 2 aromatic rings. The number of hydrogen-bond acceptors (Lipinski definition) is 4. The third-order valence-electron chi connectivity index (χ3n) is 3.08. The minimum Gasteiger partial charge on any atom is -0.492 e. The van der Waals surface area contributed by atoms with Crippen LogP contribution >= 0.6 is 15.9 Å². The van der Waals surface area contributed by atoms with Crippen LogP contribution in [0.3, 0.4) is 0 Å². The molecule has 0 fully saturated rings. The van der Waals surface area contributed by atoms with Gasteiger partial charge in [0, 0.05) is 16.6 Å². The molecule has 2 rings (SSSR count). The van der Waals surface area contributed by atoms with Crippen LogP contribution in [0, 0.1) is 0 Å². The van der Waals surface area contributed by atoms with Crippen LogP contribution in [0.25, 0.3) is 0 Å². The molecule has 122 valence electrons. The lowest BCUT2D eigenvalue weighted by atomic mass is 10.2. The molecule has 3 N–H and O–H groups in total. The number of hydrogen-bond donors (Lipinski definition) is 2. The fourth-order valence-electron chi connectivity index (χ4n) is 2.06. The van der Waals surface area contributed by atoms with Crippen LogP contribution in [0.2, 0.25) is 0 Å². The smallest absolute Gasteiger partial charge is 0.256 e. The summed E-state index contributed by atoms with van der Waals surface area (Å²) in [7, 11) is 0. The summed E-state index contributed by atoms with van der Waals surface area (Å²) < 4.78 is 11.8. The summed E-state index contributed by atoms with van der Waals surface area (Å²) in [6.07, 6.45) is 0. The number of nitrogens with two attached hydrogens (primary N) is 1. The number of halogens is 1. The molecule has 6 heteroatoms. The van der Waals surface area contributed by atoms with Crippen molar-refractivity contribution in [2.24, 2.45) is 0 Å². The fourth-order valence-corrected chi connectivity index (χ4v) is 2.53. The molecular formula is C17H19BrN2O3. The first-order chi connectivity index (χ1) is 11.1. The molecule has 0 bridgehead atoms. The van der Waals surface area contributed by atoms with Gasteiger partial charge in [-0.15, -0.1) is 0 Å². The van der Waals surface area contributed by atoms with E-state index < -0.39 is 0 Å². The molecule has 0 aliphatic heterocycles. The lowest BCUT2D eigenvalue weighted by Crippen LogP contribution is -2.14. The molecule has 0 saturated carbocycles. The van der Waals surface area contributed by atoms with Gasteiger partial charge in [0.15, 0.2) is 0 Å². The van der Waals surface area contributed by atoms with E-state index in [1.807, 2.05) is 26.0 Å². The topological polar surface area (TPSA) is 73.6 Å². The van der Waals surface area contributed by atoms with Crippen molar-refractivity contribution in [3.05, 3.63) is 46.4 Å². The minimum atomic E-state index is -0.245. The maximum absolute atomic E-state index is 12.5. The Morgan fingerprint density at radius 2 is 1.78 bits per heavy atom. The summed E-state index contributed by atoms with van der Waals surface area (Å²) in [5, 5.41) is 2.85. The van der Waals surface area contributed by atoms with Gasteiger partial charge in [-0.3, -0.25) is 4.79 Å². The van der Waals surface area contributed by atoms with Crippen LogP contribution in [0.5, 0.6) is 11.5 Å². The Hall–Kier alpha value is -2.21. The maximum Gasteiger partial charge on any atom is 0.256 e. The number of nitrogen functional groups attached to an aromatic ring is 1. The molecule has 0 aromatic heterocycles. The predicted molar refractivity (Wildman–Crippen MR) is 95.3 cm³/mol. The van der Waals surface area contributed by atoms with E-state index in [1.54, 1.807) is 24.3 Å². The Kier molecular flexibility index (Phi) is 5.87. The van der Waals surface area contributed by atoms with Crippen molar-refractivity contribution in [2.45, 2.75) is 13.8 Å². The van der Waals surface area contributed by atoms with Gasteiger partial charge in [0.05, 0.1) is 30.2 Å². The van der Waals surface area contributed by atoms with Crippen LogP contribution < -0.4 is 20.5 Å². The van der Waals surface area contributed by atoms with Crippen molar-refractivity contribution in [3.63, 3.8) is 0 Å². The summed E-state index contributed by atoms with van der Waals surface area (Å²) in [6, 6.07) is 10.5. The number of benzene rings is 2. The van der Waals surface area contributed by atoms with Crippen LogP contribution in [0.4, 0.5) is 11.4 Å². The van der Waals surface area contributed by atoms with E-state index in [1.165, 1.54) is 0 Å². The number of nitrogens with one attached hydrogen (secondary N) is 1. The lowest BCUT2D eigenvalue weighted by molar-refractivity contribution is 0.102. The molecule has 0 heterocycles. The van der Waals surface area contributed by atoms with E-state index in [0.29, 0.717) is 41.7 Å². The van der Waals surface area contributed by atoms with Gasteiger partial charge in [0.2, 0.25) is 0 Å². The normalized spacial score (nSPS) is 10.2. The first-order valence-corrected chi connectivity index (χ1v) is 8.11. The average molecular weight is 379 g/mol. The molecule has 23 heavy (non-hydrogen) atoms. The Balaban J connectivity index is 2.35. The molecule has 0 aliphatic carbocycles. The second-order valence-electron chi connectivity index (χ2n) is 4.69.